The molecule has 4 aromatic rings. The van der Waals surface area contributed by atoms with Crippen LogP contribution in [0.25, 0.3) is 27.5 Å². The quantitative estimate of drug-likeness (QED) is 0.518. The number of nitrogens with zero attached hydrogens (tertiary/aromatic N) is 4. The van der Waals surface area contributed by atoms with Crippen LogP contribution in [0.3, 0.4) is 0 Å². The van der Waals surface area contributed by atoms with Crippen molar-refractivity contribution in [2.75, 3.05) is 14.1 Å². The Morgan fingerprint density at radius 3 is 2.52 bits per heavy atom. The lowest BCUT2D eigenvalue weighted by atomic mass is 10.1. The molecule has 1 amide bonds. The maximum Gasteiger partial charge on any atom is 0.296 e. The van der Waals surface area contributed by atoms with Crippen LogP contribution in [-0.4, -0.2) is 39.3 Å². The van der Waals surface area contributed by atoms with Crippen LogP contribution in [0.15, 0.2) is 47.3 Å². The van der Waals surface area contributed by atoms with Gasteiger partial charge in [0, 0.05) is 36.9 Å². The number of amides is 1. The van der Waals surface area contributed by atoms with E-state index in [1.165, 1.54) is 33.8 Å². The van der Waals surface area contributed by atoms with Gasteiger partial charge in [-0.25, -0.2) is 4.39 Å². The molecule has 0 N–H and O–H groups in total. The molecule has 0 spiro atoms. The van der Waals surface area contributed by atoms with Gasteiger partial charge in [-0.15, -0.1) is 0 Å². The Bertz CT molecular complexity index is 1320. The summed E-state index contributed by atoms with van der Waals surface area (Å²) in [4.78, 5) is 27.2. The van der Waals surface area contributed by atoms with Gasteiger partial charge in [0.1, 0.15) is 11.3 Å². The van der Waals surface area contributed by atoms with Crippen LogP contribution in [0.2, 0.25) is 5.02 Å². The number of carbonyl (C=O) groups is 1. The second-order valence-electron chi connectivity index (χ2n) is 7.05. The Balaban J connectivity index is 2.11. The molecule has 29 heavy (non-hydrogen) atoms. The first-order valence-electron chi connectivity index (χ1n) is 8.94. The van der Waals surface area contributed by atoms with Gasteiger partial charge in [-0.3, -0.25) is 9.59 Å². The number of benzene rings is 2. The Morgan fingerprint density at radius 1 is 1.17 bits per heavy atom. The predicted molar refractivity (Wildman–Crippen MR) is 111 cm³/mol. The Morgan fingerprint density at radius 2 is 1.86 bits per heavy atom. The predicted octanol–water partition coefficient (Wildman–Crippen LogP) is 3.30. The minimum atomic E-state index is -0.412. The van der Waals surface area contributed by atoms with Crippen LogP contribution < -0.4 is 5.56 Å². The number of fused-ring (bicyclic) bond motifs is 3. The number of likely N-dealkylation sites (N-methyl/N-ethyl adjacent to an activating group) is 1. The number of carbonyl (C=O) groups excluding carboxylic acids is 1. The summed E-state index contributed by atoms with van der Waals surface area (Å²) in [6, 6.07) is 10.8. The third-order valence-corrected chi connectivity index (χ3v) is 5.19. The molecule has 0 radical (unpaired) electrons. The van der Waals surface area contributed by atoms with Crippen molar-refractivity contribution in [1.82, 2.24) is 19.2 Å². The second-order valence-corrected chi connectivity index (χ2v) is 7.49. The van der Waals surface area contributed by atoms with E-state index in [1.807, 2.05) is 6.07 Å². The third-order valence-electron chi connectivity index (χ3n) is 4.96. The highest BCUT2D eigenvalue weighted by Gasteiger charge is 2.21. The summed E-state index contributed by atoms with van der Waals surface area (Å²) in [6.45, 7) is 0. The standard InChI is InChI=1S/C21H18ClFN4O2/c1-25(2)18(28)11-16-19-15-9-4-12(22)10-17(15)26(3)20(19)21(29)27(24-16)14-7-5-13(23)6-8-14/h4-10H,11H2,1-3H3. The topological polar surface area (TPSA) is 60.1 Å². The first-order valence-corrected chi connectivity index (χ1v) is 9.31. The van der Waals surface area contributed by atoms with Crippen molar-refractivity contribution in [1.29, 1.82) is 0 Å². The van der Waals surface area contributed by atoms with Gasteiger partial charge in [-0.05, 0) is 36.4 Å². The van der Waals surface area contributed by atoms with Crippen LogP contribution in [0.5, 0.6) is 0 Å². The summed E-state index contributed by atoms with van der Waals surface area (Å²) in [5, 5.41) is 6.46. The Kier molecular flexibility index (Phi) is 4.62. The maximum atomic E-state index is 13.4. The zero-order valence-corrected chi connectivity index (χ0v) is 16.9. The van der Waals surface area contributed by atoms with Gasteiger partial charge in [-0.2, -0.15) is 9.78 Å². The van der Waals surface area contributed by atoms with Crippen molar-refractivity contribution in [3.63, 3.8) is 0 Å². The third kappa shape index (κ3) is 3.17. The molecule has 2 aromatic carbocycles. The molecule has 0 atom stereocenters. The summed E-state index contributed by atoms with van der Waals surface area (Å²) in [5.74, 6) is -0.556. The highest BCUT2D eigenvalue weighted by molar-refractivity contribution is 6.31. The van der Waals surface area contributed by atoms with Crippen molar-refractivity contribution >= 4 is 39.3 Å². The monoisotopic (exact) mass is 412 g/mol. The van der Waals surface area contributed by atoms with Crippen LogP contribution in [0.1, 0.15) is 5.69 Å². The molecule has 4 rings (SSSR count). The van der Waals surface area contributed by atoms with E-state index in [-0.39, 0.29) is 17.9 Å². The minimum Gasteiger partial charge on any atom is -0.348 e. The molecule has 0 fully saturated rings. The van der Waals surface area contributed by atoms with E-state index in [4.69, 9.17) is 11.6 Å². The number of aryl methyl sites for hydroxylation is 1. The number of hydrogen-bond donors (Lipinski definition) is 0. The van der Waals surface area contributed by atoms with Gasteiger partial charge in [0.15, 0.2) is 0 Å². The van der Waals surface area contributed by atoms with Crippen LogP contribution >= 0.6 is 11.6 Å². The van der Waals surface area contributed by atoms with Gasteiger partial charge >= 0.3 is 0 Å². The van der Waals surface area contributed by atoms with Gasteiger partial charge in [0.25, 0.3) is 5.56 Å². The van der Waals surface area contributed by atoms with Gasteiger partial charge < -0.3 is 9.47 Å². The van der Waals surface area contributed by atoms with E-state index >= 15 is 0 Å². The molecule has 0 aliphatic heterocycles. The Labute approximate surface area is 170 Å². The molecule has 0 bridgehead atoms. The Hall–Kier alpha value is -3.19. The molecule has 2 aromatic heterocycles. The molecule has 148 valence electrons. The van der Waals surface area contributed by atoms with E-state index < -0.39 is 5.82 Å². The van der Waals surface area contributed by atoms with E-state index in [1.54, 1.807) is 37.8 Å². The molecule has 0 unspecified atom stereocenters. The molecule has 0 aliphatic carbocycles. The summed E-state index contributed by atoms with van der Waals surface area (Å²) in [5.41, 5.74) is 1.70. The van der Waals surface area contributed by atoms with Gasteiger partial charge in [-0.1, -0.05) is 17.7 Å². The highest BCUT2D eigenvalue weighted by Crippen LogP contribution is 2.30. The summed E-state index contributed by atoms with van der Waals surface area (Å²) >= 11 is 6.16. The molecule has 6 nitrogen and oxygen atoms in total. The summed E-state index contributed by atoms with van der Waals surface area (Å²) < 4.78 is 16.3. The smallest absolute Gasteiger partial charge is 0.296 e. The fourth-order valence-electron chi connectivity index (χ4n) is 3.45. The van der Waals surface area contributed by atoms with E-state index in [9.17, 15) is 14.0 Å². The lowest BCUT2D eigenvalue weighted by molar-refractivity contribution is -0.128. The fourth-order valence-corrected chi connectivity index (χ4v) is 3.62. The zero-order chi connectivity index (χ0) is 20.9. The van der Waals surface area contributed by atoms with E-state index in [0.29, 0.717) is 27.3 Å². The lowest BCUT2D eigenvalue weighted by Gasteiger charge is -2.13. The molecule has 2 heterocycles. The van der Waals surface area contributed by atoms with E-state index in [0.717, 1.165) is 10.9 Å². The average Bonchev–Trinajstić information content (AvgIpc) is 2.97. The minimum absolute atomic E-state index is 0.0206. The molecular formula is C21H18ClFN4O2. The molecule has 0 saturated carbocycles. The fraction of sp³-hybridized carbons (Fsp3) is 0.190. The average molecular weight is 413 g/mol. The molecular weight excluding hydrogens is 395 g/mol. The normalized spacial score (nSPS) is 11.3. The molecule has 0 saturated heterocycles. The lowest BCUT2D eigenvalue weighted by Crippen LogP contribution is -2.28. The largest absolute Gasteiger partial charge is 0.348 e. The van der Waals surface area contributed by atoms with Crippen LogP contribution in [0.4, 0.5) is 4.39 Å². The number of hydrogen-bond acceptors (Lipinski definition) is 3. The zero-order valence-electron chi connectivity index (χ0n) is 16.1. The van der Waals surface area contributed by atoms with Crippen LogP contribution in [0, 0.1) is 5.82 Å². The number of halogens is 2. The molecule has 8 heteroatoms. The highest BCUT2D eigenvalue weighted by atomic mass is 35.5. The van der Waals surface area contributed by atoms with E-state index in [2.05, 4.69) is 5.10 Å². The maximum absolute atomic E-state index is 13.4. The van der Waals surface area contributed by atoms with Crippen molar-refractivity contribution < 1.29 is 9.18 Å². The second kappa shape index (κ2) is 7.00. The van der Waals surface area contributed by atoms with Crippen molar-refractivity contribution in [2.45, 2.75) is 6.42 Å². The SMILES string of the molecule is CN(C)C(=O)Cc1nn(-c2ccc(F)cc2)c(=O)c2c1c1ccc(Cl)cc1n2C. The molecule has 0 aliphatic rings. The van der Waals surface area contributed by atoms with Crippen molar-refractivity contribution in [3.8, 4) is 5.69 Å². The van der Waals surface area contributed by atoms with Crippen LogP contribution in [-0.2, 0) is 18.3 Å². The van der Waals surface area contributed by atoms with Crippen molar-refractivity contribution in [3.05, 3.63) is 69.4 Å². The number of aromatic nitrogens is 3. The first-order chi connectivity index (χ1) is 13.8. The van der Waals surface area contributed by atoms with Crippen molar-refractivity contribution in [2.24, 2.45) is 7.05 Å². The van der Waals surface area contributed by atoms with Gasteiger partial charge in [0.2, 0.25) is 5.91 Å². The van der Waals surface area contributed by atoms with Gasteiger partial charge in [0.05, 0.1) is 23.3 Å². The first kappa shape index (κ1) is 19.1. The number of rotatable bonds is 3. The summed E-state index contributed by atoms with van der Waals surface area (Å²) in [6.07, 6.45) is 0.0206. The summed E-state index contributed by atoms with van der Waals surface area (Å²) in [7, 11) is 5.10.